The van der Waals surface area contributed by atoms with Crippen LogP contribution in [0, 0.1) is 0 Å². The number of piperidine rings is 1. The number of likely N-dealkylation sites (tertiary alicyclic amines) is 1. The van der Waals surface area contributed by atoms with Gasteiger partial charge in [0.15, 0.2) is 0 Å². The standard InChI is InChI=1S/C15H25N3OS/c1-2-3-7-14(19)16-10-15-17-13(12-20-15)11-18-8-5-4-6-9-18/h12H,2-11H2,1H3,(H,16,19). The van der Waals surface area contributed by atoms with Crippen LogP contribution in [-0.4, -0.2) is 28.9 Å². The summed E-state index contributed by atoms with van der Waals surface area (Å²) < 4.78 is 0. The summed E-state index contributed by atoms with van der Waals surface area (Å²) in [4.78, 5) is 18.6. The molecule has 112 valence electrons. The van der Waals surface area contributed by atoms with Crippen LogP contribution in [0.15, 0.2) is 5.38 Å². The van der Waals surface area contributed by atoms with Gasteiger partial charge in [-0.25, -0.2) is 4.98 Å². The summed E-state index contributed by atoms with van der Waals surface area (Å²) in [7, 11) is 0. The monoisotopic (exact) mass is 295 g/mol. The molecule has 0 unspecified atom stereocenters. The van der Waals surface area contributed by atoms with Crippen molar-refractivity contribution in [1.29, 1.82) is 0 Å². The number of hydrogen-bond donors (Lipinski definition) is 1. The highest BCUT2D eigenvalue weighted by Crippen LogP contribution is 2.15. The molecule has 1 fully saturated rings. The molecule has 0 aliphatic carbocycles. The summed E-state index contributed by atoms with van der Waals surface area (Å²) in [5.41, 5.74) is 1.15. The molecule has 1 aliphatic rings. The molecule has 0 radical (unpaired) electrons. The van der Waals surface area contributed by atoms with E-state index >= 15 is 0 Å². The van der Waals surface area contributed by atoms with E-state index in [1.54, 1.807) is 11.3 Å². The molecule has 2 heterocycles. The van der Waals surface area contributed by atoms with Crippen molar-refractivity contribution in [1.82, 2.24) is 15.2 Å². The molecule has 0 atom stereocenters. The Morgan fingerprint density at radius 3 is 2.95 bits per heavy atom. The zero-order valence-electron chi connectivity index (χ0n) is 12.4. The molecule has 0 spiro atoms. The Bertz CT molecular complexity index is 413. The molecule has 4 nitrogen and oxygen atoms in total. The molecule has 1 amide bonds. The van der Waals surface area contributed by atoms with Gasteiger partial charge in [-0.05, 0) is 32.4 Å². The number of carbonyl (C=O) groups is 1. The normalized spacial score (nSPS) is 16.2. The number of thiazole rings is 1. The van der Waals surface area contributed by atoms with Gasteiger partial charge in [0.25, 0.3) is 0 Å². The largest absolute Gasteiger partial charge is 0.350 e. The molecule has 2 rings (SSSR count). The van der Waals surface area contributed by atoms with Gasteiger partial charge in [0.1, 0.15) is 5.01 Å². The average molecular weight is 295 g/mol. The van der Waals surface area contributed by atoms with Crippen molar-refractivity contribution < 1.29 is 4.79 Å². The van der Waals surface area contributed by atoms with Gasteiger partial charge >= 0.3 is 0 Å². The Balaban J connectivity index is 1.72. The predicted molar refractivity (Wildman–Crippen MR) is 82.6 cm³/mol. The highest BCUT2D eigenvalue weighted by atomic mass is 32.1. The van der Waals surface area contributed by atoms with Crippen LogP contribution in [0.2, 0.25) is 0 Å². The number of amides is 1. The molecule has 1 aromatic heterocycles. The number of nitrogens with zero attached hydrogens (tertiary/aromatic N) is 2. The van der Waals surface area contributed by atoms with Crippen LogP contribution < -0.4 is 5.32 Å². The summed E-state index contributed by atoms with van der Waals surface area (Å²) in [5.74, 6) is 0.139. The maximum absolute atomic E-state index is 11.6. The SMILES string of the molecule is CCCCC(=O)NCc1nc(CN2CCCCC2)cs1. The molecule has 0 aromatic carbocycles. The second kappa shape index (κ2) is 8.37. The number of carbonyl (C=O) groups excluding carboxylic acids is 1. The lowest BCUT2D eigenvalue weighted by Gasteiger charge is -2.25. The zero-order chi connectivity index (χ0) is 14.2. The van der Waals surface area contributed by atoms with Crippen molar-refractivity contribution in [3.63, 3.8) is 0 Å². The van der Waals surface area contributed by atoms with E-state index in [0.29, 0.717) is 13.0 Å². The zero-order valence-corrected chi connectivity index (χ0v) is 13.2. The number of unbranched alkanes of at least 4 members (excludes halogenated alkanes) is 1. The van der Waals surface area contributed by atoms with E-state index in [1.165, 1.54) is 32.4 Å². The number of aromatic nitrogens is 1. The van der Waals surface area contributed by atoms with Crippen LogP contribution in [0.25, 0.3) is 0 Å². The summed E-state index contributed by atoms with van der Waals surface area (Å²) in [6.07, 6.45) is 6.63. The fourth-order valence-corrected chi connectivity index (χ4v) is 3.17. The third kappa shape index (κ3) is 5.21. The highest BCUT2D eigenvalue weighted by molar-refractivity contribution is 7.09. The first-order valence-electron chi connectivity index (χ1n) is 7.70. The summed E-state index contributed by atoms with van der Waals surface area (Å²) >= 11 is 1.65. The van der Waals surface area contributed by atoms with E-state index in [-0.39, 0.29) is 5.91 Å². The van der Waals surface area contributed by atoms with E-state index in [4.69, 9.17) is 0 Å². The third-order valence-electron chi connectivity index (χ3n) is 3.63. The van der Waals surface area contributed by atoms with Gasteiger partial charge < -0.3 is 5.32 Å². The highest BCUT2D eigenvalue weighted by Gasteiger charge is 2.12. The molecule has 1 saturated heterocycles. The van der Waals surface area contributed by atoms with Crippen LogP contribution in [0.4, 0.5) is 0 Å². The molecule has 0 bridgehead atoms. The lowest BCUT2D eigenvalue weighted by molar-refractivity contribution is -0.121. The molecule has 5 heteroatoms. The molecular weight excluding hydrogens is 270 g/mol. The first-order valence-corrected chi connectivity index (χ1v) is 8.58. The van der Waals surface area contributed by atoms with Gasteiger partial charge in [-0.2, -0.15) is 0 Å². The minimum atomic E-state index is 0.139. The number of hydrogen-bond acceptors (Lipinski definition) is 4. The Kier molecular flexibility index (Phi) is 6.47. The van der Waals surface area contributed by atoms with E-state index in [2.05, 4.69) is 27.5 Å². The Morgan fingerprint density at radius 1 is 1.40 bits per heavy atom. The summed E-state index contributed by atoms with van der Waals surface area (Å²) in [5, 5.41) is 6.09. The van der Waals surface area contributed by atoms with E-state index in [0.717, 1.165) is 30.1 Å². The van der Waals surface area contributed by atoms with Crippen molar-refractivity contribution in [2.75, 3.05) is 13.1 Å². The second-order valence-electron chi connectivity index (χ2n) is 5.45. The Labute approximate surface area is 125 Å². The summed E-state index contributed by atoms with van der Waals surface area (Å²) in [6.45, 7) is 6.02. The van der Waals surface area contributed by atoms with E-state index < -0.39 is 0 Å². The molecule has 20 heavy (non-hydrogen) atoms. The van der Waals surface area contributed by atoms with E-state index in [1.807, 2.05) is 0 Å². The maximum Gasteiger partial charge on any atom is 0.220 e. The van der Waals surface area contributed by atoms with Crippen molar-refractivity contribution in [2.24, 2.45) is 0 Å². The molecule has 1 aromatic rings. The first kappa shape index (κ1) is 15.4. The van der Waals surface area contributed by atoms with Gasteiger partial charge in [0, 0.05) is 18.3 Å². The van der Waals surface area contributed by atoms with Gasteiger partial charge in [0.05, 0.1) is 12.2 Å². The van der Waals surface area contributed by atoms with Crippen LogP contribution in [0.1, 0.15) is 56.2 Å². The van der Waals surface area contributed by atoms with Crippen molar-refractivity contribution >= 4 is 17.2 Å². The third-order valence-corrected chi connectivity index (χ3v) is 4.53. The van der Waals surface area contributed by atoms with Gasteiger partial charge in [-0.3, -0.25) is 9.69 Å². The lowest BCUT2D eigenvalue weighted by Crippen LogP contribution is -2.29. The van der Waals surface area contributed by atoms with Crippen LogP contribution in [0.5, 0.6) is 0 Å². The minimum Gasteiger partial charge on any atom is -0.350 e. The first-order chi connectivity index (χ1) is 9.78. The second-order valence-corrected chi connectivity index (χ2v) is 6.39. The molecule has 1 N–H and O–H groups in total. The average Bonchev–Trinajstić information content (AvgIpc) is 2.91. The molecular formula is C15H25N3OS. The van der Waals surface area contributed by atoms with Crippen molar-refractivity contribution in [3.8, 4) is 0 Å². The van der Waals surface area contributed by atoms with Crippen LogP contribution in [-0.2, 0) is 17.9 Å². The van der Waals surface area contributed by atoms with Gasteiger partial charge in [-0.15, -0.1) is 11.3 Å². The fourth-order valence-electron chi connectivity index (χ4n) is 2.45. The minimum absolute atomic E-state index is 0.139. The van der Waals surface area contributed by atoms with Gasteiger partial charge in [-0.1, -0.05) is 19.8 Å². The lowest BCUT2D eigenvalue weighted by atomic mass is 10.1. The molecule has 0 saturated carbocycles. The van der Waals surface area contributed by atoms with Gasteiger partial charge in [0.2, 0.25) is 5.91 Å². The van der Waals surface area contributed by atoms with Crippen LogP contribution in [0.3, 0.4) is 0 Å². The smallest absolute Gasteiger partial charge is 0.220 e. The number of nitrogens with one attached hydrogen (secondary N) is 1. The van der Waals surface area contributed by atoms with E-state index in [9.17, 15) is 4.79 Å². The Morgan fingerprint density at radius 2 is 2.20 bits per heavy atom. The number of rotatable bonds is 7. The molecule has 1 aliphatic heterocycles. The summed E-state index contributed by atoms with van der Waals surface area (Å²) in [6, 6.07) is 0. The van der Waals surface area contributed by atoms with Crippen molar-refractivity contribution in [3.05, 3.63) is 16.1 Å². The fraction of sp³-hybridized carbons (Fsp3) is 0.733. The quantitative estimate of drug-likeness (QED) is 0.841. The van der Waals surface area contributed by atoms with Crippen molar-refractivity contribution in [2.45, 2.75) is 58.5 Å². The topological polar surface area (TPSA) is 45.2 Å². The van der Waals surface area contributed by atoms with Crippen LogP contribution >= 0.6 is 11.3 Å². The predicted octanol–water partition coefficient (Wildman–Crippen LogP) is 2.94. The Hall–Kier alpha value is -0.940. The maximum atomic E-state index is 11.6.